The number of pyridine rings is 1. The fraction of sp³-hybridized carbons (Fsp3) is 0. The molecule has 0 fully saturated rings. The van der Waals surface area contributed by atoms with Gasteiger partial charge in [-0.2, -0.15) is 0 Å². The Balaban J connectivity index is 1.67. The van der Waals surface area contributed by atoms with Crippen LogP contribution in [0.2, 0.25) is 0 Å². The molecule has 0 amide bonds. The molecule has 0 radical (unpaired) electrons. The van der Waals surface area contributed by atoms with Crippen LogP contribution in [-0.4, -0.2) is 9.55 Å². The summed E-state index contributed by atoms with van der Waals surface area (Å²) in [6.07, 6.45) is 2.23. The Bertz CT molecular complexity index is 1440. The number of benzene rings is 4. The second-order valence-electron chi connectivity index (χ2n) is 7.32. The fourth-order valence-electron chi connectivity index (χ4n) is 4.21. The molecular formula is C27H18N2. The molecule has 2 aliphatic heterocycles. The first-order valence-electron chi connectivity index (χ1n) is 9.83. The van der Waals surface area contributed by atoms with Crippen molar-refractivity contribution in [1.29, 1.82) is 0 Å². The highest BCUT2D eigenvalue weighted by atomic mass is 15.0. The third-order valence-corrected chi connectivity index (χ3v) is 5.59. The Morgan fingerprint density at radius 3 is 2.21 bits per heavy atom. The van der Waals surface area contributed by atoms with Gasteiger partial charge in [0.05, 0.1) is 16.7 Å². The van der Waals surface area contributed by atoms with E-state index in [0.717, 1.165) is 22.4 Å². The minimum Gasteiger partial charge on any atom is -0.316 e. The molecule has 2 heterocycles. The molecule has 4 aromatic carbocycles. The molecule has 0 spiro atoms. The van der Waals surface area contributed by atoms with E-state index in [1.807, 2.05) is 6.07 Å². The molecule has 2 heteroatoms. The highest BCUT2D eigenvalue weighted by Gasteiger charge is 2.17. The minimum absolute atomic E-state index is 1.04. The van der Waals surface area contributed by atoms with Gasteiger partial charge in [-0.25, -0.2) is 4.98 Å². The third kappa shape index (κ3) is 2.54. The normalized spacial score (nSPS) is 11.4. The average molecular weight is 370 g/mol. The maximum absolute atomic E-state index is 4.93. The van der Waals surface area contributed by atoms with Gasteiger partial charge in [-0.1, -0.05) is 78.9 Å². The SMILES string of the molecule is c1ccc(-c2cccc(-n3cc4c5ccccc5nc-4c4ccccc43)c2)cc1. The van der Waals surface area contributed by atoms with Crippen LogP contribution in [0.4, 0.5) is 0 Å². The van der Waals surface area contributed by atoms with Gasteiger partial charge < -0.3 is 4.57 Å². The van der Waals surface area contributed by atoms with Gasteiger partial charge in [0, 0.05) is 28.2 Å². The number of para-hydroxylation sites is 2. The zero-order valence-corrected chi connectivity index (χ0v) is 15.8. The molecule has 0 atom stereocenters. The van der Waals surface area contributed by atoms with Gasteiger partial charge in [-0.15, -0.1) is 0 Å². The molecule has 0 unspecified atom stereocenters. The van der Waals surface area contributed by atoms with Crippen LogP contribution in [0, 0.1) is 0 Å². The van der Waals surface area contributed by atoms with E-state index in [1.165, 1.54) is 27.5 Å². The molecule has 0 saturated heterocycles. The lowest BCUT2D eigenvalue weighted by Gasteiger charge is -2.16. The largest absolute Gasteiger partial charge is 0.316 e. The van der Waals surface area contributed by atoms with Gasteiger partial charge in [-0.3, -0.25) is 0 Å². The summed E-state index contributed by atoms with van der Waals surface area (Å²) in [5.41, 5.74) is 8.04. The maximum Gasteiger partial charge on any atom is 0.0824 e. The van der Waals surface area contributed by atoms with Gasteiger partial charge in [-0.05, 0) is 35.4 Å². The third-order valence-electron chi connectivity index (χ3n) is 5.59. The van der Waals surface area contributed by atoms with Gasteiger partial charge in [0.15, 0.2) is 0 Å². The van der Waals surface area contributed by atoms with Crippen LogP contribution in [0.25, 0.3) is 49.9 Å². The van der Waals surface area contributed by atoms with E-state index in [9.17, 15) is 0 Å². The van der Waals surface area contributed by atoms with Crippen LogP contribution in [-0.2, 0) is 0 Å². The summed E-state index contributed by atoms with van der Waals surface area (Å²) in [7, 11) is 0. The number of hydrogen-bond donors (Lipinski definition) is 0. The predicted molar refractivity (Wildman–Crippen MR) is 121 cm³/mol. The Hall–Kier alpha value is -3.91. The summed E-state index contributed by atoms with van der Waals surface area (Å²) in [6, 6.07) is 36.1. The van der Waals surface area contributed by atoms with E-state index in [1.54, 1.807) is 0 Å². The van der Waals surface area contributed by atoms with E-state index in [2.05, 4.69) is 108 Å². The van der Waals surface area contributed by atoms with Crippen molar-refractivity contribution in [1.82, 2.24) is 9.55 Å². The molecule has 29 heavy (non-hydrogen) atoms. The van der Waals surface area contributed by atoms with Crippen molar-refractivity contribution >= 4 is 21.8 Å². The summed E-state index contributed by atoms with van der Waals surface area (Å²) < 4.78 is 2.29. The van der Waals surface area contributed by atoms with Crippen LogP contribution in [0.1, 0.15) is 0 Å². The van der Waals surface area contributed by atoms with Crippen LogP contribution in [0.3, 0.4) is 0 Å². The van der Waals surface area contributed by atoms with Crippen molar-refractivity contribution < 1.29 is 0 Å². The molecule has 2 aliphatic rings. The summed E-state index contributed by atoms with van der Waals surface area (Å²) in [5, 5.41) is 2.37. The van der Waals surface area contributed by atoms with Crippen molar-refractivity contribution in [3.63, 3.8) is 0 Å². The number of nitrogens with zero attached hydrogens (tertiary/aromatic N) is 2. The van der Waals surface area contributed by atoms with Crippen molar-refractivity contribution in [2.24, 2.45) is 0 Å². The molecule has 6 rings (SSSR count). The molecule has 0 saturated carbocycles. The van der Waals surface area contributed by atoms with Crippen LogP contribution in [0.5, 0.6) is 0 Å². The predicted octanol–water partition coefficient (Wildman–Crippen LogP) is 6.95. The lowest BCUT2D eigenvalue weighted by atomic mass is 10.0. The lowest BCUT2D eigenvalue weighted by Crippen LogP contribution is -2.00. The molecule has 136 valence electrons. The van der Waals surface area contributed by atoms with Crippen molar-refractivity contribution in [2.75, 3.05) is 0 Å². The molecule has 0 aliphatic carbocycles. The van der Waals surface area contributed by atoms with Crippen molar-refractivity contribution in [3.05, 3.63) is 109 Å². The van der Waals surface area contributed by atoms with Crippen LogP contribution >= 0.6 is 0 Å². The topological polar surface area (TPSA) is 17.8 Å². The van der Waals surface area contributed by atoms with Gasteiger partial charge in [0.25, 0.3) is 0 Å². The second-order valence-corrected chi connectivity index (χ2v) is 7.32. The molecule has 0 N–H and O–H groups in total. The smallest absolute Gasteiger partial charge is 0.0824 e. The lowest BCUT2D eigenvalue weighted by molar-refractivity contribution is 1.11. The monoisotopic (exact) mass is 370 g/mol. The second kappa shape index (κ2) is 6.32. The first-order valence-corrected chi connectivity index (χ1v) is 9.83. The molecule has 0 bridgehead atoms. The molecule has 0 aromatic heterocycles. The molecule has 2 nitrogen and oxygen atoms in total. The van der Waals surface area contributed by atoms with E-state index in [-0.39, 0.29) is 0 Å². The van der Waals surface area contributed by atoms with E-state index >= 15 is 0 Å². The minimum atomic E-state index is 1.04. The zero-order valence-electron chi connectivity index (χ0n) is 15.8. The Kier molecular flexibility index (Phi) is 3.50. The number of fused-ring (bicyclic) bond motifs is 5. The quantitative estimate of drug-likeness (QED) is 0.322. The van der Waals surface area contributed by atoms with Crippen molar-refractivity contribution in [2.45, 2.75) is 0 Å². The number of aromatic nitrogens is 2. The van der Waals surface area contributed by atoms with E-state index in [4.69, 9.17) is 4.98 Å². The first kappa shape index (κ1) is 16.1. The van der Waals surface area contributed by atoms with Crippen LogP contribution in [0.15, 0.2) is 109 Å². The summed E-state index contributed by atoms with van der Waals surface area (Å²) in [5.74, 6) is 0. The number of rotatable bonds is 2. The zero-order chi connectivity index (χ0) is 19.2. The maximum atomic E-state index is 4.93. The Morgan fingerprint density at radius 2 is 1.31 bits per heavy atom. The summed E-state index contributed by atoms with van der Waals surface area (Å²) in [4.78, 5) is 4.93. The highest BCUT2D eigenvalue weighted by molar-refractivity contribution is 6.06. The first-order chi connectivity index (χ1) is 14.4. The summed E-state index contributed by atoms with van der Waals surface area (Å²) >= 11 is 0. The Labute approximate surface area is 169 Å². The Morgan fingerprint density at radius 1 is 0.586 bits per heavy atom. The van der Waals surface area contributed by atoms with E-state index in [0.29, 0.717) is 0 Å². The van der Waals surface area contributed by atoms with Gasteiger partial charge >= 0.3 is 0 Å². The molecular weight excluding hydrogens is 352 g/mol. The van der Waals surface area contributed by atoms with Gasteiger partial charge in [0.2, 0.25) is 0 Å². The highest BCUT2D eigenvalue weighted by Crippen LogP contribution is 2.37. The van der Waals surface area contributed by atoms with Crippen LogP contribution < -0.4 is 0 Å². The summed E-state index contributed by atoms with van der Waals surface area (Å²) in [6.45, 7) is 0. The average Bonchev–Trinajstić information content (AvgIpc) is 3.18. The van der Waals surface area contributed by atoms with Gasteiger partial charge in [0.1, 0.15) is 0 Å². The van der Waals surface area contributed by atoms with Crippen molar-refractivity contribution in [3.8, 4) is 28.1 Å². The number of hydrogen-bond acceptors (Lipinski definition) is 1. The van der Waals surface area contributed by atoms with E-state index < -0.39 is 0 Å². The fourth-order valence-corrected chi connectivity index (χ4v) is 4.21. The molecule has 4 aromatic rings. The standard InChI is InChI=1S/C27H18N2/c1-2-9-19(10-3-1)20-11-8-12-21(17-20)29-18-24-22-13-4-6-15-25(22)28-27(24)23-14-5-7-16-26(23)29/h1-18H.